The van der Waals surface area contributed by atoms with Crippen LogP contribution in [-0.2, 0) is 0 Å². The molecule has 0 amide bonds. The predicted molar refractivity (Wildman–Crippen MR) is 153 cm³/mol. The molecule has 0 unspecified atom stereocenters. The zero-order valence-electron chi connectivity index (χ0n) is 21.8. The van der Waals surface area contributed by atoms with E-state index in [2.05, 4.69) is 116 Å². The number of hydrogen-bond acceptors (Lipinski definition) is 3. The molecule has 1 fully saturated rings. The summed E-state index contributed by atoms with van der Waals surface area (Å²) in [5.74, 6) is 0. The molecule has 2 atom stereocenters. The highest BCUT2D eigenvalue weighted by atomic mass is 32.1. The Kier molecular flexibility index (Phi) is 6.31. The van der Waals surface area contributed by atoms with E-state index in [1.807, 2.05) is 18.3 Å². The summed E-state index contributed by atoms with van der Waals surface area (Å²) < 4.78 is 2.38. The molecule has 0 saturated carbocycles. The summed E-state index contributed by atoms with van der Waals surface area (Å²) in [5.41, 5.74) is 10.7. The molecule has 2 aromatic carbocycles. The number of thiocarbonyl (C=S) groups is 1. The number of rotatable bonds is 5. The van der Waals surface area contributed by atoms with Crippen LogP contribution in [-0.4, -0.2) is 28.8 Å². The molecule has 5 nitrogen and oxygen atoms in total. The molecule has 6 heteroatoms. The summed E-state index contributed by atoms with van der Waals surface area (Å²) in [6.45, 7) is 8.77. The normalized spacial score (nSPS) is 17.4. The molecule has 1 N–H and O–H groups in total. The highest BCUT2D eigenvalue weighted by Crippen LogP contribution is 2.44. The minimum atomic E-state index is -0.0696. The number of pyridine rings is 1. The van der Waals surface area contributed by atoms with E-state index in [0.717, 1.165) is 17.1 Å². The van der Waals surface area contributed by atoms with Crippen molar-refractivity contribution in [2.24, 2.45) is 0 Å². The first-order valence-electron chi connectivity index (χ1n) is 12.3. The van der Waals surface area contributed by atoms with E-state index in [9.17, 15) is 0 Å². The Morgan fingerprint density at radius 1 is 0.917 bits per heavy atom. The summed E-state index contributed by atoms with van der Waals surface area (Å²) in [4.78, 5) is 9.08. The second kappa shape index (κ2) is 9.43. The van der Waals surface area contributed by atoms with Gasteiger partial charge >= 0.3 is 0 Å². The van der Waals surface area contributed by atoms with Crippen molar-refractivity contribution in [3.63, 3.8) is 0 Å². The Hall–Kier alpha value is -3.64. The molecule has 0 spiro atoms. The third-order valence-corrected chi connectivity index (χ3v) is 7.66. The van der Waals surface area contributed by atoms with Crippen molar-refractivity contribution in [2.45, 2.75) is 39.8 Å². The smallest absolute Gasteiger partial charge is 0.174 e. The molecule has 0 aliphatic carbocycles. The Bertz CT molecular complexity index is 1410. The number of nitrogens with zero attached hydrogens (tertiary/aromatic N) is 4. The summed E-state index contributed by atoms with van der Waals surface area (Å²) in [6, 6.07) is 23.4. The predicted octanol–water partition coefficient (Wildman–Crippen LogP) is 6.35. The van der Waals surface area contributed by atoms with Crippen LogP contribution in [0.25, 0.3) is 5.69 Å². The van der Waals surface area contributed by atoms with Crippen molar-refractivity contribution in [3.8, 4) is 5.69 Å². The van der Waals surface area contributed by atoms with E-state index in [0.29, 0.717) is 5.11 Å². The second-order valence-corrected chi connectivity index (χ2v) is 10.2. The molecule has 184 valence electrons. The first-order valence-corrected chi connectivity index (χ1v) is 12.7. The van der Waals surface area contributed by atoms with Gasteiger partial charge in [-0.05, 0) is 105 Å². The van der Waals surface area contributed by atoms with Crippen LogP contribution >= 0.6 is 12.2 Å². The molecule has 36 heavy (non-hydrogen) atoms. The Morgan fingerprint density at radius 3 is 2.33 bits per heavy atom. The quantitative estimate of drug-likeness (QED) is 0.327. The van der Waals surface area contributed by atoms with E-state index in [-0.39, 0.29) is 12.1 Å². The fourth-order valence-electron chi connectivity index (χ4n) is 5.30. The monoisotopic (exact) mass is 495 g/mol. The maximum Gasteiger partial charge on any atom is 0.174 e. The zero-order valence-corrected chi connectivity index (χ0v) is 22.6. The molecule has 0 radical (unpaired) electrons. The average Bonchev–Trinajstić information content (AvgIpc) is 3.36. The van der Waals surface area contributed by atoms with Crippen molar-refractivity contribution >= 4 is 28.7 Å². The summed E-state index contributed by atoms with van der Waals surface area (Å²) in [5, 5.41) is 4.31. The summed E-state index contributed by atoms with van der Waals surface area (Å²) in [7, 11) is 4.11. The largest absolute Gasteiger partial charge is 0.378 e. The lowest BCUT2D eigenvalue weighted by Gasteiger charge is -2.28. The average molecular weight is 496 g/mol. The van der Waals surface area contributed by atoms with Crippen LogP contribution in [0.15, 0.2) is 72.9 Å². The van der Waals surface area contributed by atoms with Gasteiger partial charge in [-0.3, -0.25) is 4.98 Å². The fourth-order valence-corrected chi connectivity index (χ4v) is 5.64. The van der Waals surface area contributed by atoms with Crippen molar-refractivity contribution in [3.05, 3.63) is 107 Å². The maximum atomic E-state index is 5.95. The minimum absolute atomic E-state index is 0.0392. The third kappa shape index (κ3) is 4.05. The second-order valence-electron chi connectivity index (χ2n) is 9.79. The van der Waals surface area contributed by atoms with Crippen LogP contribution < -0.4 is 15.1 Å². The van der Waals surface area contributed by atoms with Crippen LogP contribution in [0.1, 0.15) is 45.9 Å². The SMILES string of the molecule is Cc1cccc(-n2c(C)cc([C@@H]3[C@@H](c4ccccn4)NC(=S)N3c3ccc(N(C)C)cc3)c2C)c1C. The maximum absolute atomic E-state index is 5.95. The van der Waals surface area contributed by atoms with Crippen molar-refractivity contribution in [2.75, 3.05) is 23.9 Å². The molecular formula is C30H33N5S. The number of nitrogens with one attached hydrogen (secondary N) is 1. The molecule has 2 aromatic heterocycles. The lowest BCUT2D eigenvalue weighted by Crippen LogP contribution is -2.29. The first kappa shape index (κ1) is 24.1. The van der Waals surface area contributed by atoms with Crippen LogP contribution in [0, 0.1) is 27.7 Å². The van der Waals surface area contributed by atoms with E-state index in [4.69, 9.17) is 17.2 Å². The van der Waals surface area contributed by atoms with Gasteiger partial charge in [0.05, 0.1) is 17.8 Å². The van der Waals surface area contributed by atoms with Gasteiger partial charge in [-0.15, -0.1) is 0 Å². The van der Waals surface area contributed by atoms with Gasteiger partial charge in [-0.2, -0.15) is 0 Å². The fraction of sp³-hybridized carbons (Fsp3) is 0.267. The first-order chi connectivity index (χ1) is 17.3. The van der Waals surface area contributed by atoms with Gasteiger partial charge in [0.15, 0.2) is 5.11 Å². The number of anilines is 2. The van der Waals surface area contributed by atoms with E-state index in [1.54, 1.807) is 0 Å². The van der Waals surface area contributed by atoms with Gasteiger partial charge in [0, 0.05) is 48.7 Å². The number of hydrogen-bond donors (Lipinski definition) is 1. The lowest BCUT2D eigenvalue weighted by atomic mass is 9.96. The van der Waals surface area contributed by atoms with Gasteiger partial charge in [0.2, 0.25) is 0 Å². The van der Waals surface area contributed by atoms with E-state index >= 15 is 0 Å². The summed E-state index contributed by atoms with van der Waals surface area (Å²) >= 11 is 5.95. The highest BCUT2D eigenvalue weighted by molar-refractivity contribution is 7.80. The van der Waals surface area contributed by atoms with E-state index < -0.39 is 0 Å². The lowest BCUT2D eigenvalue weighted by molar-refractivity contribution is 0.565. The van der Waals surface area contributed by atoms with Gasteiger partial charge in [0.1, 0.15) is 0 Å². The minimum Gasteiger partial charge on any atom is -0.378 e. The Morgan fingerprint density at radius 2 is 1.67 bits per heavy atom. The van der Waals surface area contributed by atoms with Crippen molar-refractivity contribution < 1.29 is 0 Å². The molecule has 4 aromatic rings. The van der Waals surface area contributed by atoms with Crippen LogP contribution in [0.5, 0.6) is 0 Å². The number of aryl methyl sites for hydroxylation is 2. The number of aromatic nitrogens is 2. The zero-order chi connectivity index (χ0) is 25.6. The van der Waals surface area contributed by atoms with Crippen molar-refractivity contribution in [1.82, 2.24) is 14.9 Å². The molecule has 1 aliphatic heterocycles. The topological polar surface area (TPSA) is 36.3 Å². The molecule has 0 bridgehead atoms. The molecule has 1 saturated heterocycles. The van der Waals surface area contributed by atoms with Gasteiger partial charge in [-0.25, -0.2) is 0 Å². The van der Waals surface area contributed by atoms with Gasteiger partial charge in [-0.1, -0.05) is 18.2 Å². The molecule has 3 heterocycles. The Balaban J connectivity index is 1.68. The van der Waals surface area contributed by atoms with Crippen LogP contribution in [0.2, 0.25) is 0 Å². The van der Waals surface area contributed by atoms with Gasteiger partial charge in [0.25, 0.3) is 0 Å². The molecular weight excluding hydrogens is 462 g/mol. The number of benzene rings is 2. The standard InChI is InChI=1S/C30H33N5S/c1-19-10-9-12-27(21(19)3)34-20(2)18-25(22(34)4)29-28(26-11-7-8-17-31-26)32-30(36)35(29)24-15-13-23(14-16-24)33(5)6/h7-18,28-29H,1-6H3,(H,32,36)/t28-,29-/m1/s1. The van der Waals surface area contributed by atoms with Crippen LogP contribution in [0.3, 0.4) is 0 Å². The van der Waals surface area contributed by atoms with E-state index in [1.165, 1.54) is 33.8 Å². The molecule has 5 rings (SSSR count). The molecule has 1 aliphatic rings. The van der Waals surface area contributed by atoms with Crippen molar-refractivity contribution in [1.29, 1.82) is 0 Å². The third-order valence-electron chi connectivity index (χ3n) is 7.35. The van der Waals surface area contributed by atoms with Gasteiger partial charge < -0.3 is 19.7 Å². The van der Waals surface area contributed by atoms with Crippen LogP contribution in [0.4, 0.5) is 11.4 Å². The Labute approximate surface area is 219 Å². The highest BCUT2D eigenvalue weighted by Gasteiger charge is 2.42. The summed E-state index contributed by atoms with van der Waals surface area (Å²) in [6.07, 6.45) is 1.85.